The molecule has 1 aromatic heterocycles. The van der Waals surface area contributed by atoms with E-state index in [2.05, 4.69) is 36.4 Å². The van der Waals surface area contributed by atoms with Crippen molar-refractivity contribution < 1.29 is 9.59 Å². The maximum absolute atomic E-state index is 12.5. The Morgan fingerprint density at radius 1 is 1.20 bits per heavy atom. The van der Waals surface area contributed by atoms with Crippen molar-refractivity contribution in [1.29, 1.82) is 0 Å². The number of aryl methyl sites for hydroxylation is 1. The van der Waals surface area contributed by atoms with E-state index in [0.29, 0.717) is 16.3 Å². The number of anilines is 2. The summed E-state index contributed by atoms with van der Waals surface area (Å²) in [7, 11) is 0. The summed E-state index contributed by atoms with van der Waals surface area (Å²) < 4.78 is 0. The van der Waals surface area contributed by atoms with Crippen molar-refractivity contribution in [3.8, 4) is 0 Å². The molecule has 1 heterocycles. The van der Waals surface area contributed by atoms with Crippen molar-refractivity contribution in [3.05, 3.63) is 39.8 Å². The van der Waals surface area contributed by atoms with Gasteiger partial charge in [-0.25, -0.2) is 4.98 Å². The van der Waals surface area contributed by atoms with Gasteiger partial charge in [0.25, 0.3) is 5.91 Å². The highest BCUT2D eigenvalue weighted by Gasteiger charge is 2.29. The molecule has 0 aliphatic heterocycles. The summed E-state index contributed by atoms with van der Waals surface area (Å²) in [5, 5.41) is 6.77. The van der Waals surface area contributed by atoms with Gasteiger partial charge in [-0.05, 0) is 37.5 Å². The molecule has 1 saturated carbocycles. The van der Waals surface area contributed by atoms with E-state index in [9.17, 15) is 9.59 Å². The third-order valence-electron chi connectivity index (χ3n) is 4.07. The molecule has 1 aliphatic carbocycles. The zero-order chi connectivity index (χ0) is 18.2. The fourth-order valence-corrected chi connectivity index (χ4v) is 3.20. The van der Waals surface area contributed by atoms with Crippen molar-refractivity contribution in [2.45, 2.75) is 46.0 Å². The quantitative estimate of drug-likeness (QED) is 0.854. The third-order valence-corrected chi connectivity index (χ3v) is 5.49. The molecule has 2 amide bonds. The van der Waals surface area contributed by atoms with E-state index in [0.717, 1.165) is 23.4 Å². The summed E-state index contributed by atoms with van der Waals surface area (Å²) in [6.07, 6.45) is 3.54. The fourth-order valence-electron chi connectivity index (χ4n) is 2.33. The first kappa shape index (κ1) is 17.6. The normalized spacial score (nSPS) is 14.2. The molecule has 25 heavy (non-hydrogen) atoms. The molecule has 0 atom stereocenters. The average molecular weight is 357 g/mol. The Morgan fingerprint density at radius 3 is 2.52 bits per heavy atom. The number of amides is 2. The minimum absolute atomic E-state index is 0.0541. The standard InChI is InChI=1S/C19H23N3O2S/c1-11-5-8-13(21-16(23)12-6-7-12)9-14(11)22-17(24)15-10-20-18(25-15)19(2,3)4/h5,8-10,12H,6-7H2,1-4H3,(H,21,23)(H,22,24). The average Bonchev–Trinajstić information content (AvgIpc) is 3.25. The van der Waals surface area contributed by atoms with E-state index >= 15 is 0 Å². The van der Waals surface area contributed by atoms with Gasteiger partial charge < -0.3 is 10.6 Å². The second kappa shape index (κ2) is 6.59. The highest BCUT2D eigenvalue weighted by Crippen LogP contribution is 2.31. The molecular formula is C19H23N3O2S. The maximum Gasteiger partial charge on any atom is 0.267 e. The number of hydrogen-bond donors (Lipinski definition) is 2. The van der Waals surface area contributed by atoms with Crippen molar-refractivity contribution in [2.24, 2.45) is 5.92 Å². The second-order valence-electron chi connectivity index (χ2n) is 7.53. The highest BCUT2D eigenvalue weighted by molar-refractivity contribution is 7.13. The van der Waals surface area contributed by atoms with E-state index in [-0.39, 0.29) is 23.1 Å². The zero-order valence-corrected chi connectivity index (χ0v) is 15.8. The van der Waals surface area contributed by atoms with Crippen LogP contribution in [0.2, 0.25) is 0 Å². The Hall–Kier alpha value is -2.21. The summed E-state index contributed by atoms with van der Waals surface area (Å²) in [4.78, 5) is 29.4. The van der Waals surface area contributed by atoms with Crippen LogP contribution in [0.15, 0.2) is 24.4 Å². The van der Waals surface area contributed by atoms with Gasteiger partial charge in [0.1, 0.15) is 4.88 Å². The summed E-state index contributed by atoms with van der Waals surface area (Å²) in [5.41, 5.74) is 2.27. The molecule has 5 nitrogen and oxygen atoms in total. The lowest BCUT2D eigenvalue weighted by atomic mass is 9.98. The Morgan fingerprint density at radius 2 is 1.92 bits per heavy atom. The molecule has 3 rings (SSSR count). The Balaban J connectivity index is 1.73. The predicted molar refractivity (Wildman–Crippen MR) is 101 cm³/mol. The Bertz CT molecular complexity index is 816. The van der Waals surface area contributed by atoms with Crippen molar-refractivity contribution in [1.82, 2.24) is 4.98 Å². The molecule has 0 bridgehead atoms. The maximum atomic E-state index is 12.5. The van der Waals surface area contributed by atoms with Crippen molar-refractivity contribution >= 4 is 34.5 Å². The first-order valence-corrected chi connectivity index (χ1v) is 9.25. The van der Waals surface area contributed by atoms with E-state index < -0.39 is 0 Å². The first-order chi connectivity index (χ1) is 11.7. The van der Waals surface area contributed by atoms with Gasteiger partial charge in [0.15, 0.2) is 0 Å². The Kier molecular flexibility index (Phi) is 4.64. The molecule has 0 saturated heterocycles. The molecule has 132 valence electrons. The summed E-state index contributed by atoms with van der Waals surface area (Å²) in [6.45, 7) is 8.15. The summed E-state index contributed by atoms with van der Waals surface area (Å²) in [5.74, 6) is 0.0209. The van der Waals surface area contributed by atoms with Gasteiger partial charge in [-0.2, -0.15) is 0 Å². The zero-order valence-electron chi connectivity index (χ0n) is 15.0. The third kappa shape index (κ3) is 4.25. The summed E-state index contributed by atoms with van der Waals surface area (Å²) >= 11 is 1.41. The fraction of sp³-hybridized carbons (Fsp3) is 0.421. The first-order valence-electron chi connectivity index (χ1n) is 8.43. The molecule has 2 N–H and O–H groups in total. The van der Waals surface area contributed by atoms with Crippen LogP contribution in [0.3, 0.4) is 0 Å². The molecule has 6 heteroatoms. The van der Waals surface area contributed by atoms with Gasteiger partial charge >= 0.3 is 0 Å². The number of benzene rings is 1. The predicted octanol–water partition coefficient (Wildman–Crippen LogP) is 4.35. The molecule has 1 aromatic carbocycles. The number of hydrogen-bond acceptors (Lipinski definition) is 4. The number of aromatic nitrogens is 1. The number of rotatable bonds is 4. The van der Waals surface area contributed by atoms with Gasteiger partial charge in [-0.3, -0.25) is 9.59 Å². The number of carbonyl (C=O) groups excluding carboxylic acids is 2. The SMILES string of the molecule is Cc1ccc(NC(=O)C2CC2)cc1NC(=O)c1cnc(C(C)(C)C)s1. The van der Waals surface area contributed by atoms with Crippen LogP contribution in [-0.2, 0) is 10.2 Å². The molecular weight excluding hydrogens is 334 g/mol. The lowest BCUT2D eigenvalue weighted by Gasteiger charge is -2.13. The van der Waals surface area contributed by atoms with Gasteiger partial charge in [-0.15, -0.1) is 11.3 Å². The molecule has 1 fully saturated rings. The van der Waals surface area contributed by atoms with Crippen LogP contribution in [0.25, 0.3) is 0 Å². The lowest BCUT2D eigenvalue weighted by Crippen LogP contribution is -2.15. The van der Waals surface area contributed by atoms with E-state index in [1.54, 1.807) is 12.3 Å². The van der Waals surface area contributed by atoms with E-state index in [1.165, 1.54) is 11.3 Å². The van der Waals surface area contributed by atoms with E-state index in [1.807, 2.05) is 19.1 Å². The Labute approximate surface area is 151 Å². The molecule has 0 unspecified atom stereocenters. The van der Waals surface area contributed by atoms with Gasteiger partial charge in [0.05, 0.1) is 11.2 Å². The largest absolute Gasteiger partial charge is 0.326 e. The van der Waals surface area contributed by atoms with Crippen LogP contribution >= 0.6 is 11.3 Å². The van der Waals surface area contributed by atoms with Crippen LogP contribution in [-0.4, -0.2) is 16.8 Å². The lowest BCUT2D eigenvalue weighted by molar-refractivity contribution is -0.117. The number of nitrogens with one attached hydrogen (secondary N) is 2. The topological polar surface area (TPSA) is 71.1 Å². The minimum atomic E-state index is -0.179. The van der Waals surface area contributed by atoms with Gasteiger partial charge in [0, 0.05) is 22.7 Å². The van der Waals surface area contributed by atoms with Crippen LogP contribution in [0.4, 0.5) is 11.4 Å². The van der Waals surface area contributed by atoms with Crippen LogP contribution in [0.5, 0.6) is 0 Å². The number of thiazole rings is 1. The molecule has 2 aromatic rings. The molecule has 0 spiro atoms. The molecule has 0 radical (unpaired) electrons. The monoisotopic (exact) mass is 357 g/mol. The van der Waals surface area contributed by atoms with Gasteiger partial charge in [0.2, 0.25) is 5.91 Å². The van der Waals surface area contributed by atoms with Crippen molar-refractivity contribution in [3.63, 3.8) is 0 Å². The smallest absolute Gasteiger partial charge is 0.267 e. The highest BCUT2D eigenvalue weighted by atomic mass is 32.1. The van der Waals surface area contributed by atoms with Crippen molar-refractivity contribution in [2.75, 3.05) is 10.6 Å². The number of carbonyl (C=O) groups is 2. The summed E-state index contributed by atoms with van der Waals surface area (Å²) in [6, 6.07) is 5.56. The minimum Gasteiger partial charge on any atom is -0.326 e. The van der Waals surface area contributed by atoms with E-state index in [4.69, 9.17) is 0 Å². The van der Waals surface area contributed by atoms with Gasteiger partial charge in [-0.1, -0.05) is 26.8 Å². The molecule has 1 aliphatic rings. The van der Waals surface area contributed by atoms with Crippen LogP contribution in [0.1, 0.15) is 53.9 Å². The van der Waals surface area contributed by atoms with Crippen LogP contribution < -0.4 is 10.6 Å². The number of nitrogens with zero attached hydrogens (tertiary/aromatic N) is 1. The second-order valence-corrected chi connectivity index (χ2v) is 8.56. The van der Waals surface area contributed by atoms with Crippen LogP contribution in [0, 0.1) is 12.8 Å².